The lowest BCUT2D eigenvalue weighted by Gasteiger charge is -2.64. The average molecular weight is 1270 g/mol. The van der Waals surface area contributed by atoms with E-state index in [0.29, 0.717) is 68.0 Å². The predicted molar refractivity (Wildman–Crippen MR) is 365 cm³/mol. The van der Waals surface area contributed by atoms with Crippen LogP contribution < -0.4 is 0 Å². The number of esters is 2. The molecule has 0 aromatic rings. The van der Waals surface area contributed by atoms with Crippen LogP contribution in [0.1, 0.15) is 262 Å². The van der Waals surface area contributed by atoms with Crippen molar-refractivity contribution in [1.29, 1.82) is 0 Å². The van der Waals surface area contributed by atoms with Crippen LogP contribution in [0, 0.1) is 113 Å². The molecule has 508 valence electrons. The standard InChI is InChI=1S/C39H68O5Si.C39H66O4Si/c1-13-45(14-2,15-3)44-33-31-30(24(4)22-27(43-31)32(35(9,10)41)42-26(6)40)36(11)20-21-39-23-38(39)19-18-25(5)34(7,8)28(38)16-17-29(39)37(33,36)12;1-13-44(14-2,15-3)43-34-33-31(25(6)22-28(42-33)32(24(4)5)41-27(8)40)36(11)20-21-39-23-38(39)19-18-26(7)35(9,10)29(38)16-17-30(39)37(34,36)12/h24-25,27-33,41H,13-23H2,1-12H3;25-26,28-34H,4,13-23H2,1-3,5-12H3/t24-,25+,27-,28+,29+,30+,31+,32+,33+,36-,37-,38?,39+;25-,26+,28-,29+,30+,31+,32-,33+,34+,36-,37-,38?,39+/m11/s1. The smallest absolute Gasteiger partial charge is 0.303 e. The van der Waals surface area contributed by atoms with Gasteiger partial charge >= 0.3 is 11.9 Å². The summed E-state index contributed by atoms with van der Waals surface area (Å²) in [4.78, 5) is 24.5. The van der Waals surface area contributed by atoms with Crippen LogP contribution in [-0.2, 0) is 37.4 Å². The molecular weight excluding hydrogens is 1140 g/mol. The number of rotatable bonds is 16. The molecule has 9 nitrogen and oxygen atoms in total. The first kappa shape index (κ1) is 69.3. The highest BCUT2D eigenvalue weighted by Crippen LogP contribution is 2.92. The molecule has 2 unspecified atom stereocenters. The maximum atomic E-state index is 12.3. The van der Waals surface area contributed by atoms with Crippen molar-refractivity contribution in [2.24, 2.45) is 113 Å². The summed E-state index contributed by atoms with van der Waals surface area (Å²) in [5.41, 5.74) is 2.90. The largest absolute Gasteiger partial charge is 0.457 e. The van der Waals surface area contributed by atoms with Gasteiger partial charge in [0.2, 0.25) is 0 Å². The van der Waals surface area contributed by atoms with Gasteiger partial charge in [0.05, 0.1) is 42.2 Å². The molecule has 10 saturated carbocycles. The van der Waals surface area contributed by atoms with Gasteiger partial charge in [0.1, 0.15) is 6.10 Å². The predicted octanol–water partition coefficient (Wildman–Crippen LogP) is 19.1. The van der Waals surface area contributed by atoms with E-state index in [0.717, 1.165) is 78.4 Å². The molecule has 2 heterocycles. The van der Waals surface area contributed by atoms with Crippen molar-refractivity contribution in [2.75, 3.05) is 0 Å². The number of fused-ring (bicyclic) bond motifs is 8. The van der Waals surface area contributed by atoms with Crippen LogP contribution in [0.25, 0.3) is 0 Å². The van der Waals surface area contributed by atoms with Crippen LogP contribution in [0.4, 0.5) is 0 Å². The van der Waals surface area contributed by atoms with Gasteiger partial charge in [-0.2, -0.15) is 0 Å². The maximum Gasteiger partial charge on any atom is 0.303 e. The molecule has 0 aromatic heterocycles. The Hall–Kier alpha value is -1.09. The van der Waals surface area contributed by atoms with Gasteiger partial charge in [-0.3, -0.25) is 9.59 Å². The van der Waals surface area contributed by atoms with E-state index in [-0.39, 0.29) is 70.2 Å². The van der Waals surface area contributed by atoms with Crippen molar-refractivity contribution in [2.45, 2.75) is 353 Å². The quantitative estimate of drug-likeness (QED) is 0.0918. The minimum atomic E-state index is -2.00. The molecule has 89 heavy (non-hydrogen) atoms. The van der Waals surface area contributed by atoms with Crippen LogP contribution in [0.15, 0.2) is 12.2 Å². The third-order valence-electron chi connectivity index (χ3n) is 33.7. The first-order valence-corrected chi connectivity index (χ1v) is 42.8. The molecule has 4 spiro atoms. The minimum Gasteiger partial charge on any atom is -0.457 e. The summed E-state index contributed by atoms with van der Waals surface area (Å²) in [6, 6.07) is 6.88. The molecule has 0 radical (unpaired) electrons. The van der Waals surface area contributed by atoms with E-state index < -0.39 is 34.4 Å². The van der Waals surface area contributed by atoms with Crippen LogP contribution in [0.5, 0.6) is 0 Å². The summed E-state index contributed by atoms with van der Waals surface area (Å²) in [6.45, 7) is 58.0. The second-order valence-corrected chi connectivity index (χ2v) is 46.6. The molecule has 10 aliphatic carbocycles. The molecule has 2 aliphatic heterocycles. The molecule has 0 aromatic carbocycles. The van der Waals surface area contributed by atoms with Crippen molar-refractivity contribution in [3.63, 3.8) is 0 Å². The van der Waals surface area contributed by atoms with Crippen LogP contribution in [-0.4, -0.2) is 88.1 Å². The Balaban J connectivity index is 0.000000184. The zero-order valence-electron chi connectivity index (χ0n) is 61.4. The summed E-state index contributed by atoms with van der Waals surface area (Å²) in [7, 11) is -3.95. The molecule has 0 amide bonds. The SMILES string of the molecule is C=C(C)[C@@H](OC(C)=O)[C@H]1C[C@@H](C)[C@H]2[C@H](O1)[C@H](O[Si](CC)(CC)CC)[C@@]1(C)[C@@H]3CC[C@H]4C(C)(C)[C@@H](C)CCC45C[C@@]35CC[C@]21C.CC[Si](CC)(CC)O[C@H]1[C@H]2O[C@@H]([C@H](OC(C)=O)C(C)(C)O)C[C@@H](C)[C@@H]2[C@@]2(C)CC[C@@]34CC35CC[C@H](C)C(C)(C)[C@@H]5CC[C@H]4[C@]12C. The highest BCUT2D eigenvalue weighted by molar-refractivity contribution is 6.74. The summed E-state index contributed by atoms with van der Waals surface area (Å²) in [5.74, 6) is 5.79. The number of hydrogen-bond donors (Lipinski definition) is 1. The van der Waals surface area contributed by atoms with E-state index in [1.165, 1.54) is 104 Å². The van der Waals surface area contributed by atoms with Gasteiger partial charge in [-0.25, -0.2) is 0 Å². The van der Waals surface area contributed by atoms with Crippen LogP contribution >= 0.6 is 0 Å². The zero-order chi connectivity index (χ0) is 65.4. The molecule has 11 heteroatoms. The van der Waals surface area contributed by atoms with E-state index in [1.54, 1.807) is 13.8 Å². The normalized spacial score (nSPS) is 49.3. The molecule has 12 fully saturated rings. The Morgan fingerprint density at radius 2 is 0.876 bits per heavy atom. The lowest BCUT2D eigenvalue weighted by molar-refractivity contribution is -0.215. The fourth-order valence-corrected chi connectivity index (χ4v) is 33.6. The minimum absolute atomic E-state index is 0.0227. The monoisotopic (exact) mass is 1270 g/mol. The third kappa shape index (κ3) is 9.49. The van der Waals surface area contributed by atoms with E-state index in [2.05, 4.69) is 131 Å². The lowest BCUT2D eigenvalue weighted by Crippen LogP contribution is -2.61. The lowest BCUT2D eigenvalue weighted by atomic mass is 9.41. The first-order valence-electron chi connectivity index (χ1n) is 37.8. The highest BCUT2D eigenvalue weighted by atomic mass is 28.4. The van der Waals surface area contributed by atoms with Crippen molar-refractivity contribution >= 4 is 28.6 Å². The molecule has 26 atom stereocenters. The third-order valence-corrected chi connectivity index (χ3v) is 43.0. The van der Waals surface area contributed by atoms with Gasteiger partial charge in [0.15, 0.2) is 22.7 Å². The van der Waals surface area contributed by atoms with Gasteiger partial charge in [0, 0.05) is 24.7 Å². The summed E-state index contributed by atoms with van der Waals surface area (Å²) in [6.07, 6.45) is 19.5. The van der Waals surface area contributed by atoms with E-state index >= 15 is 0 Å². The Bertz CT molecular complexity index is 2660. The fraction of sp³-hybridized carbons (Fsp3) is 0.949. The van der Waals surface area contributed by atoms with Crippen molar-refractivity contribution in [1.82, 2.24) is 0 Å². The topological polar surface area (TPSA) is 110 Å². The number of hydrogen-bond acceptors (Lipinski definition) is 9. The molecular formula is C78H134O9Si2. The summed E-state index contributed by atoms with van der Waals surface area (Å²) >= 11 is 0. The number of carbonyl (C=O) groups is 2. The van der Waals surface area contributed by atoms with Crippen LogP contribution in [0.2, 0.25) is 36.3 Å². The van der Waals surface area contributed by atoms with Crippen LogP contribution in [0.3, 0.4) is 0 Å². The number of ether oxygens (including phenoxy) is 4. The highest BCUT2D eigenvalue weighted by Gasteiger charge is 2.87. The molecule has 12 rings (SSSR count). The second kappa shape index (κ2) is 22.8. The summed E-state index contributed by atoms with van der Waals surface area (Å²) < 4.78 is 42.2. The first-order chi connectivity index (χ1) is 41.4. The van der Waals surface area contributed by atoms with E-state index in [4.69, 9.17) is 27.8 Å². The van der Waals surface area contributed by atoms with Gasteiger partial charge in [0.25, 0.3) is 0 Å². The summed E-state index contributed by atoms with van der Waals surface area (Å²) in [5, 5.41) is 11.3. The molecule has 1 N–H and O–H groups in total. The Morgan fingerprint density at radius 1 is 0.528 bits per heavy atom. The molecule has 2 saturated heterocycles. The van der Waals surface area contributed by atoms with Crippen molar-refractivity contribution in [3.05, 3.63) is 12.2 Å². The Labute approximate surface area is 546 Å². The van der Waals surface area contributed by atoms with Crippen molar-refractivity contribution in [3.8, 4) is 0 Å². The Morgan fingerprint density at radius 3 is 1.22 bits per heavy atom. The molecule has 0 bridgehead atoms. The van der Waals surface area contributed by atoms with Gasteiger partial charge in [-0.05, 0) is 268 Å². The van der Waals surface area contributed by atoms with E-state index in [1.807, 2.05) is 6.92 Å². The Kier molecular flexibility index (Phi) is 17.7. The van der Waals surface area contributed by atoms with Gasteiger partial charge in [-0.15, -0.1) is 0 Å². The number of aliphatic hydroxyl groups is 1. The maximum absolute atomic E-state index is 12.3. The van der Waals surface area contributed by atoms with Gasteiger partial charge in [-0.1, -0.05) is 131 Å². The molecule has 12 aliphatic rings. The zero-order valence-corrected chi connectivity index (χ0v) is 63.4. The second-order valence-electron chi connectivity index (χ2n) is 37.1. The number of carbonyl (C=O) groups excluding carboxylic acids is 2. The van der Waals surface area contributed by atoms with Crippen molar-refractivity contribution < 1.29 is 42.5 Å². The fourth-order valence-electron chi connectivity index (χ4n) is 27.8. The van der Waals surface area contributed by atoms with E-state index in [9.17, 15) is 14.7 Å². The van der Waals surface area contributed by atoms with Gasteiger partial charge < -0.3 is 32.9 Å². The average Bonchev–Trinajstić information content (AvgIpc) is 1.47.